The summed E-state index contributed by atoms with van der Waals surface area (Å²) in [5.74, 6) is -0.223. The molecule has 1 N–H and O–H groups in total. The van der Waals surface area contributed by atoms with E-state index in [2.05, 4.69) is 24.4 Å². The van der Waals surface area contributed by atoms with E-state index in [0.717, 1.165) is 17.5 Å². The van der Waals surface area contributed by atoms with Crippen molar-refractivity contribution < 1.29 is 13.2 Å². The normalized spacial score (nSPS) is 14.2. The highest BCUT2D eigenvalue weighted by molar-refractivity contribution is 7.92. The summed E-state index contributed by atoms with van der Waals surface area (Å²) in [6.07, 6.45) is 1.60. The lowest BCUT2D eigenvalue weighted by molar-refractivity contribution is 0.0940. The monoisotopic (exact) mass is 434 g/mol. The Bertz CT molecular complexity index is 1190. The standard InChI is InChI=1S/C25H26N2O3S/c1-3-19-9-11-20(12-10-19)18(2)26-25(28)22-14-13-21-15-16-27(24(21)17-22)31(29,30)23-7-5-4-6-8-23/h4-14,17-18H,3,15-16H2,1-2H3,(H,26,28)/t18-/m0/s1. The van der Waals surface area contributed by atoms with Crippen LogP contribution in [-0.4, -0.2) is 20.9 Å². The molecule has 0 spiro atoms. The average molecular weight is 435 g/mol. The molecule has 6 heteroatoms. The summed E-state index contributed by atoms with van der Waals surface area (Å²) >= 11 is 0. The third kappa shape index (κ3) is 4.21. The molecule has 1 atom stereocenters. The molecule has 0 radical (unpaired) electrons. The number of nitrogens with one attached hydrogen (secondary N) is 1. The van der Waals surface area contributed by atoms with Crippen LogP contribution in [0.2, 0.25) is 0 Å². The number of carbonyl (C=O) groups excluding carboxylic acids is 1. The average Bonchev–Trinajstić information content (AvgIpc) is 3.24. The first kappa shape index (κ1) is 21.1. The van der Waals surface area contributed by atoms with E-state index in [9.17, 15) is 13.2 Å². The first-order valence-corrected chi connectivity index (χ1v) is 11.9. The van der Waals surface area contributed by atoms with Crippen LogP contribution in [0, 0.1) is 0 Å². The Hall–Kier alpha value is -3.12. The summed E-state index contributed by atoms with van der Waals surface area (Å²) in [5, 5.41) is 3.02. The fourth-order valence-corrected chi connectivity index (χ4v) is 5.38. The number of hydrogen-bond acceptors (Lipinski definition) is 3. The van der Waals surface area contributed by atoms with Crippen LogP contribution in [0.4, 0.5) is 5.69 Å². The lowest BCUT2D eigenvalue weighted by Gasteiger charge is -2.20. The molecule has 160 valence electrons. The Balaban J connectivity index is 1.56. The van der Waals surface area contributed by atoms with Crippen molar-refractivity contribution in [2.24, 2.45) is 0 Å². The Morgan fingerprint density at radius 1 is 1.03 bits per heavy atom. The van der Waals surface area contributed by atoms with Gasteiger partial charge in [-0.05, 0) is 60.7 Å². The number of nitrogens with zero attached hydrogens (tertiary/aromatic N) is 1. The molecule has 0 saturated carbocycles. The summed E-state index contributed by atoms with van der Waals surface area (Å²) in [4.78, 5) is 13.2. The molecule has 0 fully saturated rings. The number of sulfonamides is 1. The number of amides is 1. The van der Waals surface area contributed by atoms with Gasteiger partial charge in [-0.25, -0.2) is 8.42 Å². The number of anilines is 1. The van der Waals surface area contributed by atoms with Gasteiger partial charge in [0.15, 0.2) is 0 Å². The van der Waals surface area contributed by atoms with Crippen molar-refractivity contribution in [3.05, 3.63) is 95.1 Å². The maximum Gasteiger partial charge on any atom is 0.264 e. The Kier molecular flexibility index (Phi) is 5.83. The van der Waals surface area contributed by atoms with E-state index in [4.69, 9.17) is 0 Å². The number of carbonyl (C=O) groups is 1. The van der Waals surface area contributed by atoms with Gasteiger partial charge in [0.05, 0.1) is 16.6 Å². The van der Waals surface area contributed by atoms with Gasteiger partial charge < -0.3 is 5.32 Å². The molecule has 0 aromatic heterocycles. The van der Waals surface area contributed by atoms with Crippen LogP contribution in [0.3, 0.4) is 0 Å². The maximum absolute atomic E-state index is 13.1. The minimum atomic E-state index is -3.67. The van der Waals surface area contributed by atoms with Gasteiger partial charge in [-0.3, -0.25) is 9.10 Å². The van der Waals surface area contributed by atoms with Gasteiger partial charge in [0.25, 0.3) is 15.9 Å². The number of benzene rings is 3. The number of rotatable bonds is 6. The highest BCUT2D eigenvalue weighted by Crippen LogP contribution is 2.34. The molecular formula is C25H26N2O3S. The van der Waals surface area contributed by atoms with Gasteiger partial charge >= 0.3 is 0 Å². The molecule has 1 aliphatic heterocycles. The minimum absolute atomic E-state index is 0.157. The SMILES string of the molecule is CCc1ccc([C@H](C)NC(=O)c2ccc3c(c2)N(S(=O)(=O)c2ccccc2)CC3)cc1. The Labute approximate surface area is 183 Å². The van der Waals surface area contributed by atoms with E-state index in [1.807, 2.05) is 25.1 Å². The highest BCUT2D eigenvalue weighted by atomic mass is 32.2. The fourth-order valence-electron chi connectivity index (χ4n) is 3.87. The van der Waals surface area contributed by atoms with Gasteiger partial charge in [-0.1, -0.05) is 55.5 Å². The van der Waals surface area contributed by atoms with Crippen LogP contribution in [0.5, 0.6) is 0 Å². The number of hydrogen-bond donors (Lipinski definition) is 1. The van der Waals surface area contributed by atoms with Gasteiger partial charge in [0, 0.05) is 12.1 Å². The molecule has 1 amide bonds. The van der Waals surface area contributed by atoms with Crippen molar-refractivity contribution in [3.8, 4) is 0 Å². The van der Waals surface area contributed by atoms with E-state index in [1.165, 1.54) is 9.87 Å². The third-order valence-corrected chi connectivity index (χ3v) is 7.59. The summed E-state index contributed by atoms with van der Waals surface area (Å²) < 4.78 is 27.6. The molecule has 0 aliphatic carbocycles. The maximum atomic E-state index is 13.1. The van der Waals surface area contributed by atoms with Crippen LogP contribution in [-0.2, 0) is 22.9 Å². The van der Waals surface area contributed by atoms with Crippen molar-refractivity contribution in [1.29, 1.82) is 0 Å². The molecular weight excluding hydrogens is 408 g/mol. The first-order chi connectivity index (χ1) is 14.9. The van der Waals surface area contributed by atoms with Crippen LogP contribution >= 0.6 is 0 Å². The van der Waals surface area contributed by atoms with E-state index >= 15 is 0 Å². The molecule has 5 nitrogen and oxygen atoms in total. The quantitative estimate of drug-likeness (QED) is 0.622. The molecule has 1 heterocycles. The van der Waals surface area contributed by atoms with E-state index in [0.29, 0.717) is 24.2 Å². The molecule has 3 aromatic rings. The Morgan fingerprint density at radius 2 is 1.74 bits per heavy atom. The summed E-state index contributed by atoms with van der Waals surface area (Å²) in [6.45, 7) is 4.42. The van der Waals surface area contributed by atoms with Crippen molar-refractivity contribution in [2.75, 3.05) is 10.8 Å². The smallest absolute Gasteiger partial charge is 0.264 e. The second kappa shape index (κ2) is 8.55. The second-order valence-corrected chi connectivity index (χ2v) is 9.64. The number of fused-ring (bicyclic) bond motifs is 1. The predicted octanol–water partition coefficient (Wildman–Crippen LogP) is 4.49. The highest BCUT2D eigenvalue weighted by Gasteiger charge is 2.31. The van der Waals surface area contributed by atoms with Crippen molar-refractivity contribution in [1.82, 2.24) is 5.32 Å². The summed E-state index contributed by atoms with van der Waals surface area (Å²) in [5.41, 5.74) is 4.24. The zero-order chi connectivity index (χ0) is 22.0. The van der Waals surface area contributed by atoms with Crippen molar-refractivity contribution >= 4 is 21.6 Å². The van der Waals surface area contributed by atoms with Gasteiger partial charge in [-0.15, -0.1) is 0 Å². The zero-order valence-corrected chi connectivity index (χ0v) is 18.5. The third-order valence-electron chi connectivity index (χ3n) is 5.77. The van der Waals surface area contributed by atoms with Crippen LogP contribution in [0.25, 0.3) is 0 Å². The van der Waals surface area contributed by atoms with Gasteiger partial charge in [-0.2, -0.15) is 0 Å². The van der Waals surface area contributed by atoms with Gasteiger partial charge in [0.2, 0.25) is 0 Å². The van der Waals surface area contributed by atoms with Gasteiger partial charge in [0.1, 0.15) is 0 Å². The van der Waals surface area contributed by atoms with E-state index < -0.39 is 10.0 Å². The van der Waals surface area contributed by atoms with Crippen LogP contribution < -0.4 is 9.62 Å². The fraction of sp³-hybridized carbons (Fsp3) is 0.240. The topological polar surface area (TPSA) is 66.5 Å². The van der Waals surface area contributed by atoms with Crippen LogP contribution in [0.15, 0.2) is 77.7 Å². The first-order valence-electron chi connectivity index (χ1n) is 10.5. The minimum Gasteiger partial charge on any atom is -0.346 e. The lowest BCUT2D eigenvalue weighted by atomic mass is 10.0. The zero-order valence-electron chi connectivity index (χ0n) is 17.7. The van der Waals surface area contributed by atoms with Crippen LogP contribution in [0.1, 0.15) is 46.9 Å². The molecule has 1 aliphatic rings. The van der Waals surface area contributed by atoms with Crippen molar-refractivity contribution in [3.63, 3.8) is 0 Å². The Morgan fingerprint density at radius 3 is 2.42 bits per heavy atom. The second-order valence-electron chi connectivity index (χ2n) is 7.77. The van der Waals surface area contributed by atoms with Crippen molar-refractivity contribution in [2.45, 2.75) is 37.6 Å². The summed E-state index contributed by atoms with van der Waals surface area (Å²) in [6, 6.07) is 21.7. The molecule has 4 rings (SSSR count). The molecule has 0 saturated heterocycles. The predicted molar refractivity (Wildman–Crippen MR) is 123 cm³/mol. The summed E-state index contributed by atoms with van der Waals surface area (Å²) in [7, 11) is -3.67. The molecule has 3 aromatic carbocycles. The number of aryl methyl sites for hydroxylation is 1. The molecule has 0 unspecified atom stereocenters. The van der Waals surface area contributed by atoms with E-state index in [1.54, 1.807) is 42.5 Å². The van der Waals surface area contributed by atoms with E-state index in [-0.39, 0.29) is 16.8 Å². The lowest BCUT2D eigenvalue weighted by Crippen LogP contribution is -2.30. The molecule has 0 bridgehead atoms. The molecule has 31 heavy (non-hydrogen) atoms. The largest absolute Gasteiger partial charge is 0.346 e.